The van der Waals surface area contributed by atoms with E-state index < -0.39 is 0 Å². The molecule has 2 atom stereocenters. The molecule has 19 heavy (non-hydrogen) atoms. The average Bonchev–Trinajstić information content (AvgIpc) is 2.85. The Kier molecular flexibility index (Phi) is 3.70. The minimum absolute atomic E-state index is 0.0105. The summed E-state index contributed by atoms with van der Waals surface area (Å²) in [4.78, 5) is 14.4. The predicted molar refractivity (Wildman–Crippen MR) is 76.9 cm³/mol. The van der Waals surface area contributed by atoms with Crippen LogP contribution in [0.5, 0.6) is 0 Å². The highest BCUT2D eigenvalue weighted by Crippen LogP contribution is 2.30. The van der Waals surface area contributed by atoms with Crippen molar-refractivity contribution in [3.63, 3.8) is 0 Å². The van der Waals surface area contributed by atoms with Crippen LogP contribution in [0.3, 0.4) is 0 Å². The van der Waals surface area contributed by atoms with Gasteiger partial charge in [-0.3, -0.25) is 4.79 Å². The van der Waals surface area contributed by atoms with E-state index in [-0.39, 0.29) is 5.91 Å². The van der Waals surface area contributed by atoms with Gasteiger partial charge in [-0.25, -0.2) is 0 Å². The summed E-state index contributed by atoms with van der Waals surface area (Å²) in [6, 6.07) is 5.65. The number of rotatable bonds is 1. The molecule has 0 bridgehead atoms. The molecule has 0 unspecified atom stereocenters. The number of likely N-dealkylation sites (tertiary alicyclic amines) is 1. The Bertz CT molecular complexity index is 492. The van der Waals surface area contributed by atoms with Crippen molar-refractivity contribution in [1.82, 2.24) is 10.2 Å². The van der Waals surface area contributed by atoms with Crippen molar-refractivity contribution in [2.24, 2.45) is 5.92 Å². The lowest BCUT2D eigenvalue weighted by Crippen LogP contribution is -2.41. The summed E-state index contributed by atoms with van der Waals surface area (Å²) < 4.78 is 0. The number of hydrogen-bond donors (Lipinski definition) is 1. The molecule has 102 valence electrons. The van der Waals surface area contributed by atoms with Crippen molar-refractivity contribution < 1.29 is 4.79 Å². The van der Waals surface area contributed by atoms with Gasteiger partial charge in [-0.2, -0.15) is 0 Å². The van der Waals surface area contributed by atoms with Gasteiger partial charge in [-0.05, 0) is 37.4 Å². The number of piperidine rings is 1. The maximum absolute atomic E-state index is 12.5. The van der Waals surface area contributed by atoms with Gasteiger partial charge in [0.15, 0.2) is 0 Å². The summed E-state index contributed by atoms with van der Waals surface area (Å²) in [7, 11) is 0. The van der Waals surface area contributed by atoms with E-state index in [1.54, 1.807) is 18.2 Å². The van der Waals surface area contributed by atoms with Crippen LogP contribution in [0.4, 0.5) is 0 Å². The van der Waals surface area contributed by atoms with Crippen LogP contribution < -0.4 is 5.32 Å². The van der Waals surface area contributed by atoms with Crippen molar-refractivity contribution in [2.75, 3.05) is 19.6 Å². The van der Waals surface area contributed by atoms with Crippen LogP contribution in [0.1, 0.15) is 23.2 Å². The maximum Gasteiger partial charge on any atom is 0.255 e. The molecule has 2 aliphatic rings. The van der Waals surface area contributed by atoms with Crippen LogP contribution in [-0.4, -0.2) is 36.5 Å². The minimum Gasteiger partial charge on any atom is -0.337 e. The first kappa shape index (κ1) is 13.2. The number of nitrogens with zero attached hydrogens (tertiary/aromatic N) is 1. The van der Waals surface area contributed by atoms with Gasteiger partial charge >= 0.3 is 0 Å². The normalized spacial score (nSPS) is 26.3. The van der Waals surface area contributed by atoms with Gasteiger partial charge in [-0.1, -0.05) is 29.3 Å². The first-order chi connectivity index (χ1) is 9.16. The first-order valence-corrected chi connectivity index (χ1v) is 7.39. The third-order valence-electron chi connectivity index (χ3n) is 4.07. The number of halogens is 2. The standard InChI is InChI=1S/C14H16Cl2N2O/c15-11-5-1-4-10(13(11)16)14(19)18-7-9-3-2-6-17-12(9)8-18/h1,4-5,9,12,17H,2-3,6-8H2/t9-,12+/m0/s1. The molecule has 1 N–H and O–H groups in total. The molecule has 2 heterocycles. The number of amides is 1. The van der Waals surface area contributed by atoms with Crippen LogP contribution in [0, 0.1) is 5.92 Å². The first-order valence-electron chi connectivity index (χ1n) is 6.63. The van der Waals surface area contributed by atoms with Gasteiger partial charge in [-0.15, -0.1) is 0 Å². The molecule has 2 aliphatic heterocycles. The van der Waals surface area contributed by atoms with E-state index in [4.69, 9.17) is 23.2 Å². The van der Waals surface area contributed by atoms with Gasteiger partial charge in [0.2, 0.25) is 0 Å². The Balaban J connectivity index is 1.79. The highest BCUT2D eigenvalue weighted by molar-refractivity contribution is 6.43. The quantitative estimate of drug-likeness (QED) is 0.865. The largest absolute Gasteiger partial charge is 0.337 e. The second-order valence-corrected chi connectivity index (χ2v) is 6.06. The minimum atomic E-state index is -0.0105. The summed E-state index contributed by atoms with van der Waals surface area (Å²) in [5, 5.41) is 4.28. The fourth-order valence-corrected chi connectivity index (χ4v) is 3.43. The van der Waals surface area contributed by atoms with Crippen LogP contribution in [0.15, 0.2) is 18.2 Å². The number of hydrogen-bond acceptors (Lipinski definition) is 2. The maximum atomic E-state index is 12.5. The van der Waals surface area contributed by atoms with E-state index in [0.717, 1.165) is 19.6 Å². The fraction of sp³-hybridized carbons (Fsp3) is 0.500. The summed E-state index contributed by atoms with van der Waals surface area (Å²) in [6.07, 6.45) is 2.39. The van der Waals surface area contributed by atoms with Crippen molar-refractivity contribution in [1.29, 1.82) is 0 Å². The molecule has 0 saturated carbocycles. The molecule has 0 aliphatic carbocycles. The number of carbonyl (C=O) groups excluding carboxylic acids is 1. The third-order valence-corrected chi connectivity index (χ3v) is 4.89. The summed E-state index contributed by atoms with van der Waals surface area (Å²) in [5.41, 5.74) is 0.507. The second kappa shape index (κ2) is 5.31. The van der Waals surface area contributed by atoms with Gasteiger partial charge in [0.25, 0.3) is 5.91 Å². The Labute approximate surface area is 122 Å². The van der Waals surface area contributed by atoms with E-state index in [1.807, 2.05) is 4.90 Å². The zero-order valence-corrected chi connectivity index (χ0v) is 12.0. The zero-order valence-electron chi connectivity index (χ0n) is 10.5. The summed E-state index contributed by atoms with van der Waals surface area (Å²) in [5.74, 6) is 0.569. The van der Waals surface area contributed by atoms with Crippen molar-refractivity contribution in [3.8, 4) is 0 Å². The van der Waals surface area contributed by atoms with Gasteiger partial charge in [0, 0.05) is 19.1 Å². The highest BCUT2D eigenvalue weighted by atomic mass is 35.5. The average molecular weight is 299 g/mol. The van der Waals surface area contributed by atoms with E-state index in [1.165, 1.54) is 12.8 Å². The lowest BCUT2D eigenvalue weighted by molar-refractivity contribution is 0.0786. The molecule has 5 heteroatoms. The summed E-state index contributed by atoms with van der Waals surface area (Å²) >= 11 is 12.1. The molecule has 3 rings (SSSR count). The Hall–Kier alpha value is -0.770. The molecule has 2 saturated heterocycles. The lowest BCUT2D eigenvalue weighted by Gasteiger charge is -2.24. The van der Waals surface area contributed by atoms with Gasteiger partial charge in [0.05, 0.1) is 15.6 Å². The SMILES string of the molecule is O=C(c1cccc(Cl)c1Cl)N1C[C@@H]2CCCN[C@@H]2C1. The second-order valence-electron chi connectivity index (χ2n) is 5.27. The molecule has 1 aromatic carbocycles. The van der Waals surface area contributed by atoms with Crippen molar-refractivity contribution >= 4 is 29.1 Å². The zero-order chi connectivity index (χ0) is 13.4. The lowest BCUT2D eigenvalue weighted by atomic mass is 9.94. The van der Waals surface area contributed by atoms with Crippen molar-refractivity contribution in [3.05, 3.63) is 33.8 Å². The number of nitrogens with one attached hydrogen (secondary N) is 1. The van der Waals surface area contributed by atoms with Crippen LogP contribution in [0.2, 0.25) is 10.0 Å². The monoisotopic (exact) mass is 298 g/mol. The van der Waals surface area contributed by atoms with E-state index in [2.05, 4.69) is 5.32 Å². The van der Waals surface area contributed by atoms with E-state index >= 15 is 0 Å². The number of benzene rings is 1. The van der Waals surface area contributed by atoms with Gasteiger partial charge in [0.1, 0.15) is 0 Å². The highest BCUT2D eigenvalue weighted by Gasteiger charge is 2.37. The Morgan fingerprint density at radius 3 is 2.95 bits per heavy atom. The molecular weight excluding hydrogens is 283 g/mol. The van der Waals surface area contributed by atoms with Crippen LogP contribution in [-0.2, 0) is 0 Å². The smallest absolute Gasteiger partial charge is 0.255 e. The topological polar surface area (TPSA) is 32.3 Å². The van der Waals surface area contributed by atoms with Crippen LogP contribution in [0.25, 0.3) is 0 Å². The Morgan fingerprint density at radius 2 is 2.16 bits per heavy atom. The molecule has 1 aromatic rings. The van der Waals surface area contributed by atoms with Gasteiger partial charge < -0.3 is 10.2 Å². The van der Waals surface area contributed by atoms with Crippen LogP contribution >= 0.6 is 23.2 Å². The predicted octanol–water partition coefficient (Wildman–Crippen LogP) is 2.82. The molecule has 3 nitrogen and oxygen atoms in total. The third kappa shape index (κ3) is 2.47. The Morgan fingerprint density at radius 1 is 1.32 bits per heavy atom. The fourth-order valence-electron chi connectivity index (χ4n) is 3.05. The molecule has 1 amide bonds. The molecule has 0 radical (unpaired) electrons. The summed E-state index contributed by atoms with van der Waals surface area (Å²) in [6.45, 7) is 2.65. The molecule has 2 fully saturated rings. The van der Waals surface area contributed by atoms with E-state index in [0.29, 0.717) is 27.6 Å². The molecule has 0 aromatic heterocycles. The molecular formula is C14H16Cl2N2O. The molecule has 0 spiro atoms. The van der Waals surface area contributed by atoms with E-state index in [9.17, 15) is 4.79 Å². The number of fused-ring (bicyclic) bond motifs is 1. The van der Waals surface area contributed by atoms with Crippen molar-refractivity contribution in [2.45, 2.75) is 18.9 Å². The number of carbonyl (C=O) groups is 1.